The Bertz CT molecular complexity index is 1720. The number of rotatable bonds is 3. The van der Waals surface area contributed by atoms with Crippen molar-refractivity contribution in [2.45, 2.75) is 51.6 Å². The molecular formula is C37H38N2O. The molecule has 3 nitrogen and oxygen atoms in total. The molecule has 1 aliphatic heterocycles. The average molecular weight is 527 g/mol. The maximum absolute atomic E-state index is 12.6. The molecule has 0 radical (unpaired) electrons. The molecule has 7 rings (SSSR count). The van der Waals surface area contributed by atoms with Gasteiger partial charge in [0.15, 0.2) is 0 Å². The summed E-state index contributed by atoms with van der Waals surface area (Å²) in [7, 11) is 0. The Labute approximate surface area is 237 Å². The molecule has 6 unspecified atom stereocenters. The first-order valence-corrected chi connectivity index (χ1v) is 14.6. The number of allylic oxidation sites excluding steroid dienone is 3. The number of hydrogen-bond acceptors (Lipinski definition) is 2. The van der Waals surface area contributed by atoms with Gasteiger partial charge in [0.1, 0.15) is 6.72 Å². The lowest BCUT2D eigenvalue weighted by atomic mass is 9.53. The normalized spacial score (nSPS) is 33.5. The fraction of sp³-hybridized carbons (Fsp3) is 0.324. The third-order valence-electron chi connectivity index (χ3n) is 10.5. The van der Waals surface area contributed by atoms with Gasteiger partial charge in [-0.15, -0.1) is 0 Å². The quantitative estimate of drug-likeness (QED) is 0.121. The highest BCUT2D eigenvalue weighted by atomic mass is 16.5. The Morgan fingerprint density at radius 3 is 2.45 bits per heavy atom. The molecule has 3 aromatic rings. The van der Waals surface area contributed by atoms with Crippen LogP contribution >= 0.6 is 0 Å². The van der Waals surface area contributed by atoms with Gasteiger partial charge in [-0.1, -0.05) is 98.8 Å². The van der Waals surface area contributed by atoms with Gasteiger partial charge in [0.05, 0.1) is 16.6 Å². The van der Waals surface area contributed by atoms with E-state index >= 15 is 0 Å². The fourth-order valence-corrected chi connectivity index (χ4v) is 8.80. The highest BCUT2D eigenvalue weighted by Gasteiger charge is 2.65. The molecule has 1 heterocycles. The molecule has 40 heavy (non-hydrogen) atoms. The van der Waals surface area contributed by atoms with E-state index in [1.807, 2.05) is 24.3 Å². The fourth-order valence-electron chi connectivity index (χ4n) is 8.80. The summed E-state index contributed by atoms with van der Waals surface area (Å²) in [6.07, 6.45) is 14.6. The van der Waals surface area contributed by atoms with E-state index in [9.17, 15) is 5.21 Å². The molecule has 3 heteroatoms. The van der Waals surface area contributed by atoms with Crippen molar-refractivity contribution in [1.82, 2.24) is 0 Å². The molecule has 0 amide bonds. The van der Waals surface area contributed by atoms with Crippen molar-refractivity contribution in [2.75, 3.05) is 4.90 Å². The van der Waals surface area contributed by atoms with E-state index in [0.717, 1.165) is 28.0 Å². The number of hydrogen-bond donors (Lipinski definition) is 0. The van der Waals surface area contributed by atoms with Crippen molar-refractivity contribution in [1.29, 1.82) is 0 Å². The van der Waals surface area contributed by atoms with Crippen LogP contribution in [-0.4, -0.2) is 22.5 Å². The van der Waals surface area contributed by atoms with Gasteiger partial charge in [0.2, 0.25) is 5.69 Å². The Kier molecular flexibility index (Phi) is 5.39. The second-order valence-electron chi connectivity index (χ2n) is 13.0. The smallest absolute Gasteiger partial charge is 0.223 e. The van der Waals surface area contributed by atoms with Crippen LogP contribution in [0.4, 0.5) is 11.4 Å². The molecular weight excluding hydrogens is 488 g/mol. The van der Waals surface area contributed by atoms with E-state index in [2.05, 4.69) is 118 Å². The van der Waals surface area contributed by atoms with Crippen molar-refractivity contribution >= 4 is 29.7 Å². The standard InChI is InChI=1S/C37H38N2O/c1-25-17-20-35(2)28(23-25)19-22-37(4)34(35)33-30-14-10-9-13-27(30)18-21-36(33,3)39(37)29-15-16-32(38(5)40)31(24-29)26-11-7-6-8-12-26/h6-20,22,24-25,28,34H,5,21,23H2,1-4H3. The lowest BCUT2D eigenvalue weighted by Gasteiger charge is -2.53. The van der Waals surface area contributed by atoms with Gasteiger partial charge in [-0.2, -0.15) is 4.74 Å². The maximum atomic E-state index is 12.6. The molecule has 0 saturated carbocycles. The minimum atomic E-state index is -0.247. The predicted octanol–water partition coefficient (Wildman–Crippen LogP) is 6.97. The van der Waals surface area contributed by atoms with Crippen LogP contribution in [0.25, 0.3) is 22.8 Å². The Morgan fingerprint density at radius 2 is 1.68 bits per heavy atom. The van der Waals surface area contributed by atoms with Gasteiger partial charge >= 0.3 is 0 Å². The third kappa shape index (κ3) is 3.33. The first-order chi connectivity index (χ1) is 19.2. The van der Waals surface area contributed by atoms with E-state index < -0.39 is 0 Å². The van der Waals surface area contributed by atoms with E-state index in [1.165, 1.54) is 16.9 Å². The number of anilines is 1. The van der Waals surface area contributed by atoms with Crippen LogP contribution in [0.5, 0.6) is 0 Å². The summed E-state index contributed by atoms with van der Waals surface area (Å²) in [4.78, 5) is 2.69. The summed E-state index contributed by atoms with van der Waals surface area (Å²) in [5, 5.41) is 15.3. The Hall–Kier alpha value is -3.85. The van der Waals surface area contributed by atoms with E-state index in [-0.39, 0.29) is 16.5 Å². The average Bonchev–Trinajstić information content (AvgIpc) is 3.18. The molecule has 0 bridgehead atoms. The van der Waals surface area contributed by atoms with E-state index in [1.54, 1.807) is 5.57 Å². The first-order valence-electron chi connectivity index (χ1n) is 14.6. The summed E-state index contributed by atoms with van der Waals surface area (Å²) in [5.41, 5.74) is 4.76. The van der Waals surface area contributed by atoms with Crippen molar-refractivity contribution in [3.05, 3.63) is 113 Å². The molecule has 0 aromatic heterocycles. The van der Waals surface area contributed by atoms with Crippen molar-refractivity contribution < 1.29 is 4.74 Å². The summed E-state index contributed by atoms with van der Waals surface area (Å²) in [6, 6.07) is 25.5. The van der Waals surface area contributed by atoms with Crippen LogP contribution in [0.2, 0.25) is 0 Å². The summed E-state index contributed by atoms with van der Waals surface area (Å²) >= 11 is 0. The monoisotopic (exact) mass is 526 g/mol. The van der Waals surface area contributed by atoms with Crippen LogP contribution in [-0.2, 0) is 0 Å². The number of nitrogens with zero attached hydrogens (tertiary/aromatic N) is 2. The number of benzene rings is 3. The van der Waals surface area contributed by atoms with Gasteiger partial charge in [0, 0.05) is 23.1 Å². The third-order valence-corrected chi connectivity index (χ3v) is 10.5. The largest absolute Gasteiger partial charge is 0.619 e. The highest BCUT2D eigenvalue weighted by Crippen LogP contribution is 2.65. The molecule has 0 spiro atoms. The molecule has 1 fully saturated rings. The Morgan fingerprint density at radius 1 is 0.925 bits per heavy atom. The van der Waals surface area contributed by atoms with Crippen molar-refractivity contribution in [3.8, 4) is 11.1 Å². The topological polar surface area (TPSA) is 29.3 Å². The highest BCUT2D eigenvalue weighted by molar-refractivity contribution is 5.84. The van der Waals surface area contributed by atoms with Crippen LogP contribution in [0.15, 0.2) is 97.1 Å². The minimum absolute atomic E-state index is 0.00710. The molecule has 4 aliphatic rings. The van der Waals surface area contributed by atoms with Crippen molar-refractivity contribution in [2.24, 2.45) is 23.2 Å². The number of fused-ring (bicyclic) bond motifs is 6. The predicted molar refractivity (Wildman–Crippen MR) is 167 cm³/mol. The Balaban J connectivity index is 1.53. The van der Waals surface area contributed by atoms with Gasteiger partial charge in [-0.25, -0.2) is 0 Å². The van der Waals surface area contributed by atoms with Gasteiger partial charge < -0.3 is 10.1 Å². The van der Waals surface area contributed by atoms with Gasteiger partial charge in [-0.3, -0.25) is 0 Å². The lowest BCUT2D eigenvalue weighted by molar-refractivity contribution is -0.349. The second-order valence-corrected chi connectivity index (χ2v) is 13.0. The molecule has 3 aliphatic carbocycles. The molecule has 0 N–H and O–H groups in total. The zero-order valence-electron chi connectivity index (χ0n) is 24.0. The van der Waals surface area contributed by atoms with Crippen LogP contribution in [0, 0.1) is 28.4 Å². The van der Waals surface area contributed by atoms with Crippen molar-refractivity contribution in [3.63, 3.8) is 0 Å². The second kappa shape index (κ2) is 8.57. The minimum Gasteiger partial charge on any atom is -0.619 e. The molecule has 202 valence electrons. The van der Waals surface area contributed by atoms with E-state index in [4.69, 9.17) is 0 Å². The molecule has 3 aromatic carbocycles. The first kappa shape index (κ1) is 25.1. The lowest BCUT2D eigenvalue weighted by Crippen LogP contribution is -2.56. The summed E-state index contributed by atoms with van der Waals surface area (Å²) in [5.74, 6) is 1.40. The summed E-state index contributed by atoms with van der Waals surface area (Å²) in [6.45, 7) is 13.4. The van der Waals surface area contributed by atoms with Crippen LogP contribution in [0.3, 0.4) is 0 Å². The van der Waals surface area contributed by atoms with Crippen LogP contribution in [0.1, 0.15) is 40.5 Å². The SMILES string of the molecule is C=[N+]([O-])c1ccc(N2C3(C)CC=c4ccccc4=C3C3C4(C)C=CC(C)CC4C=CC32C)cc1-c1ccccc1. The molecule has 1 saturated heterocycles. The van der Waals surface area contributed by atoms with Gasteiger partial charge in [0.25, 0.3) is 0 Å². The summed E-state index contributed by atoms with van der Waals surface area (Å²) < 4.78 is 0.741. The maximum Gasteiger partial charge on any atom is 0.223 e. The van der Waals surface area contributed by atoms with Crippen LogP contribution < -0.4 is 15.3 Å². The zero-order valence-corrected chi connectivity index (χ0v) is 24.0. The van der Waals surface area contributed by atoms with E-state index in [0.29, 0.717) is 23.4 Å². The molecule has 6 atom stereocenters. The zero-order chi connectivity index (χ0) is 27.9. The van der Waals surface area contributed by atoms with Gasteiger partial charge in [-0.05, 0) is 72.2 Å².